The molecule has 2 aromatic carbocycles. The second-order valence-electron chi connectivity index (χ2n) is 9.88. The molecule has 1 saturated heterocycles. The van der Waals surface area contributed by atoms with E-state index in [1.54, 1.807) is 42.9 Å². The summed E-state index contributed by atoms with van der Waals surface area (Å²) in [5.41, 5.74) is 1.25. The summed E-state index contributed by atoms with van der Waals surface area (Å²) in [5, 5.41) is 28.3. The Kier molecular flexibility index (Phi) is 6.34. The van der Waals surface area contributed by atoms with Gasteiger partial charge in [-0.2, -0.15) is 5.10 Å². The minimum atomic E-state index is -1.55. The summed E-state index contributed by atoms with van der Waals surface area (Å²) in [4.78, 5) is 13.1. The van der Waals surface area contributed by atoms with Gasteiger partial charge in [-0.15, -0.1) is 0 Å². The molecule has 5 aromatic rings. The number of aliphatic hydroxyl groups is 2. The van der Waals surface area contributed by atoms with Crippen LogP contribution < -0.4 is 10.1 Å². The number of hydrogen-bond donors (Lipinski definition) is 3. The van der Waals surface area contributed by atoms with Crippen molar-refractivity contribution >= 4 is 33.3 Å². The Balaban J connectivity index is 1.46. The van der Waals surface area contributed by atoms with Crippen molar-refractivity contribution in [2.24, 2.45) is 5.92 Å². The number of pyridine rings is 1. The summed E-state index contributed by atoms with van der Waals surface area (Å²) in [6, 6.07) is 10.4. The van der Waals surface area contributed by atoms with E-state index in [0.717, 1.165) is 5.56 Å². The third kappa shape index (κ3) is 4.65. The smallest absolute Gasteiger partial charge is 0.178 e. The average Bonchev–Trinajstić information content (AvgIpc) is 3.41. The van der Waals surface area contributed by atoms with E-state index in [2.05, 4.69) is 25.4 Å². The number of nitrogens with one attached hydrogen (secondary N) is 1. The van der Waals surface area contributed by atoms with E-state index < -0.39 is 18.1 Å². The maximum Gasteiger partial charge on any atom is 0.178 e. The molecule has 1 fully saturated rings. The molecule has 4 heterocycles. The minimum Gasteiger partial charge on any atom is -0.489 e. The second-order valence-corrected chi connectivity index (χ2v) is 9.88. The minimum absolute atomic E-state index is 0.161. The van der Waals surface area contributed by atoms with E-state index in [-0.39, 0.29) is 17.7 Å². The number of rotatable bonds is 8. The van der Waals surface area contributed by atoms with Gasteiger partial charge in [-0.25, -0.2) is 19.0 Å². The maximum atomic E-state index is 15.4. The van der Waals surface area contributed by atoms with Gasteiger partial charge in [-0.05, 0) is 55.8 Å². The highest BCUT2D eigenvalue weighted by Crippen LogP contribution is 2.38. The number of fused-ring (bicyclic) bond motifs is 2. The SMILES string of the molecule is C[C@@H](Oc1cc(-c2cnn([C@@](C)(O)CO)c2)cc2ncnc(Nc3ccc4ncccc4c3F)c12)C1COC1. The first-order chi connectivity index (χ1) is 18.8. The van der Waals surface area contributed by atoms with Crippen molar-refractivity contribution in [3.8, 4) is 16.9 Å². The van der Waals surface area contributed by atoms with Gasteiger partial charge in [0.1, 0.15) is 24.0 Å². The van der Waals surface area contributed by atoms with E-state index >= 15 is 4.39 Å². The van der Waals surface area contributed by atoms with E-state index in [1.807, 2.05) is 19.1 Å². The van der Waals surface area contributed by atoms with Gasteiger partial charge in [0.15, 0.2) is 11.5 Å². The number of benzene rings is 2. The highest BCUT2D eigenvalue weighted by Gasteiger charge is 2.28. The molecule has 1 aliphatic heterocycles. The predicted molar refractivity (Wildman–Crippen MR) is 143 cm³/mol. The first-order valence-corrected chi connectivity index (χ1v) is 12.6. The van der Waals surface area contributed by atoms with Crippen molar-refractivity contribution in [1.29, 1.82) is 0 Å². The van der Waals surface area contributed by atoms with Gasteiger partial charge in [0.2, 0.25) is 0 Å². The zero-order valence-electron chi connectivity index (χ0n) is 21.4. The average molecular weight is 531 g/mol. The van der Waals surface area contributed by atoms with Crippen LogP contribution in [0.5, 0.6) is 5.75 Å². The Morgan fingerprint density at radius 3 is 2.79 bits per heavy atom. The van der Waals surface area contributed by atoms with Crippen LogP contribution in [0.4, 0.5) is 15.9 Å². The van der Waals surface area contributed by atoms with Crippen LogP contribution in [0, 0.1) is 11.7 Å². The van der Waals surface area contributed by atoms with E-state index in [0.29, 0.717) is 52.2 Å². The Bertz CT molecular complexity index is 1670. The fourth-order valence-corrected chi connectivity index (χ4v) is 4.48. The van der Waals surface area contributed by atoms with Gasteiger partial charge in [-0.3, -0.25) is 4.98 Å². The van der Waals surface area contributed by atoms with Crippen molar-refractivity contribution < 1.29 is 24.1 Å². The highest BCUT2D eigenvalue weighted by atomic mass is 19.1. The summed E-state index contributed by atoms with van der Waals surface area (Å²) >= 11 is 0. The molecule has 1 aliphatic rings. The molecule has 3 aromatic heterocycles. The van der Waals surface area contributed by atoms with Crippen LogP contribution >= 0.6 is 0 Å². The monoisotopic (exact) mass is 530 g/mol. The largest absolute Gasteiger partial charge is 0.489 e. The van der Waals surface area contributed by atoms with Gasteiger partial charge in [0, 0.05) is 29.3 Å². The Morgan fingerprint density at radius 1 is 1.18 bits per heavy atom. The number of ether oxygens (including phenoxy) is 2. The Labute approximate surface area is 223 Å². The number of aromatic nitrogens is 5. The van der Waals surface area contributed by atoms with Crippen molar-refractivity contribution in [3.63, 3.8) is 0 Å². The second kappa shape index (κ2) is 9.84. The standard InChI is InChI=1S/C28H27FN6O4/c1-16(19-12-38-13-19)39-24-9-17(18-10-33-35(11-18)28(2,37)14-36)8-23-25(24)27(32-15-31-23)34-22-6-5-21-20(26(22)29)4-3-7-30-21/h3-11,15-16,19,36-37H,12-14H2,1-2H3,(H,31,32,34)/t16-,28+/m1/s1. The van der Waals surface area contributed by atoms with Gasteiger partial charge < -0.3 is 25.0 Å². The van der Waals surface area contributed by atoms with E-state index in [9.17, 15) is 10.2 Å². The van der Waals surface area contributed by atoms with Gasteiger partial charge in [-0.1, -0.05) is 0 Å². The Morgan fingerprint density at radius 2 is 2.03 bits per heavy atom. The lowest BCUT2D eigenvalue weighted by atomic mass is 10.0. The van der Waals surface area contributed by atoms with Crippen LogP contribution in [0.1, 0.15) is 13.8 Å². The van der Waals surface area contributed by atoms with Crippen LogP contribution in [-0.4, -0.2) is 60.9 Å². The molecule has 0 unspecified atom stereocenters. The number of halogens is 1. The topological polar surface area (TPSA) is 127 Å². The maximum absolute atomic E-state index is 15.4. The van der Waals surface area contributed by atoms with Crippen LogP contribution in [0.15, 0.2) is 61.3 Å². The molecule has 200 valence electrons. The molecule has 0 spiro atoms. The molecular weight excluding hydrogens is 503 g/mol. The van der Waals surface area contributed by atoms with Crippen LogP contribution in [0.3, 0.4) is 0 Å². The molecule has 11 heteroatoms. The molecular formula is C28H27FN6O4. The third-order valence-corrected chi connectivity index (χ3v) is 7.02. The predicted octanol–water partition coefficient (Wildman–Crippen LogP) is 4.00. The lowest BCUT2D eigenvalue weighted by Gasteiger charge is -2.32. The normalized spacial score (nSPS) is 16.1. The molecule has 2 atom stereocenters. The molecule has 0 aliphatic carbocycles. The fraction of sp³-hybridized carbons (Fsp3) is 0.286. The van der Waals surface area contributed by atoms with Gasteiger partial charge in [0.25, 0.3) is 0 Å². The highest BCUT2D eigenvalue weighted by molar-refractivity contribution is 5.99. The van der Waals surface area contributed by atoms with E-state index in [1.165, 1.54) is 17.9 Å². The van der Waals surface area contributed by atoms with Gasteiger partial charge >= 0.3 is 0 Å². The van der Waals surface area contributed by atoms with Crippen molar-refractivity contribution in [3.05, 3.63) is 67.1 Å². The number of aliphatic hydroxyl groups excluding tert-OH is 1. The van der Waals surface area contributed by atoms with Crippen molar-refractivity contribution in [1.82, 2.24) is 24.7 Å². The Hall–Kier alpha value is -4.19. The molecule has 3 N–H and O–H groups in total. The summed E-state index contributed by atoms with van der Waals surface area (Å²) in [5.74, 6) is 0.696. The lowest BCUT2D eigenvalue weighted by molar-refractivity contribution is -0.0773. The summed E-state index contributed by atoms with van der Waals surface area (Å²) in [6.07, 6.45) is 6.10. The first-order valence-electron chi connectivity index (χ1n) is 12.6. The van der Waals surface area contributed by atoms with Crippen LogP contribution in [-0.2, 0) is 10.5 Å². The zero-order chi connectivity index (χ0) is 27.1. The molecule has 0 saturated carbocycles. The fourth-order valence-electron chi connectivity index (χ4n) is 4.48. The molecule has 10 nitrogen and oxygen atoms in total. The van der Waals surface area contributed by atoms with E-state index in [4.69, 9.17) is 9.47 Å². The number of hydrogen-bond acceptors (Lipinski definition) is 9. The molecule has 6 rings (SSSR count). The molecule has 39 heavy (non-hydrogen) atoms. The van der Waals surface area contributed by atoms with Crippen LogP contribution in [0.2, 0.25) is 0 Å². The molecule has 0 bridgehead atoms. The zero-order valence-corrected chi connectivity index (χ0v) is 21.4. The van der Waals surface area contributed by atoms with Gasteiger partial charge in [0.05, 0.1) is 48.1 Å². The summed E-state index contributed by atoms with van der Waals surface area (Å²) in [6.45, 7) is 4.17. The van der Waals surface area contributed by atoms with Crippen molar-refractivity contribution in [2.75, 3.05) is 25.1 Å². The summed E-state index contributed by atoms with van der Waals surface area (Å²) in [7, 11) is 0. The molecule has 0 amide bonds. The van der Waals surface area contributed by atoms with Crippen LogP contribution in [0.25, 0.3) is 32.9 Å². The number of anilines is 2. The quantitative estimate of drug-likeness (QED) is 0.273. The molecule has 0 radical (unpaired) electrons. The number of nitrogens with zero attached hydrogens (tertiary/aromatic N) is 5. The van der Waals surface area contributed by atoms with Crippen molar-refractivity contribution in [2.45, 2.75) is 25.7 Å². The first kappa shape index (κ1) is 25.1. The third-order valence-electron chi connectivity index (χ3n) is 7.02. The summed E-state index contributed by atoms with van der Waals surface area (Å²) < 4.78 is 28.5. The lowest BCUT2D eigenvalue weighted by Crippen LogP contribution is -2.39.